The largest absolute Gasteiger partial charge is 0.441 e. The maximum atomic E-state index is 12.0. The Bertz CT molecular complexity index is 1100. The summed E-state index contributed by atoms with van der Waals surface area (Å²) < 4.78 is 10.1. The molecule has 162 valence electrons. The second kappa shape index (κ2) is 9.17. The van der Waals surface area contributed by atoms with Crippen molar-refractivity contribution in [3.63, 3.8) is 0 Å². The summed E-state index contributed by atoms with van der Waals surface area (Å²) >= 11 is 6.16. The van der Waals surface area contributed by atoms with Crippen molar-refractivity contribution in [2.45, 2.75) is 13.0 Å². The Morgan fingerprint density at radius 3 is 2.90 bits per heavy atom. The smallest absolute Gasteiger partial charge is 0.407 e. The number of halogens is 1. The Morgan fingerprint density at radius 2 is 2.10 bits per heavy atom. The van der Waals surface area contributed by atoms with Crippen molar-refractivity contribution in [3.05, 3.63) is 46.9 Å². The van der Waals surface area contributed by atoms with E-state index in [2.05, 4.69) is 30.9 Å². The lowest BCUT2D eigenvalue weighted by atomic mass is 10.1. The third-order valence-corrected chi connectivity index (χ3v) is 5.39. The van der Waals surface area contributed by atoms with Crippen molar-refractivity contribution in [1.82, 2.24) is 26.0 Å². The molecule has 1 aliphatic rings. The van der Waals surface area contributed by atoms with Gasteiger partial charge in [-0.15, -0.1) is 10.2 Å². The van der Waals surface area contributed by atoms with Gasteiger partial charge in [0.1, 0.15) is 0 Å². The number of carbonyl (C=O) groups is 2. The Hall–Kier alpha value is -3.40. The Morgan fingerprint density at radius 1 is 1.29 bits per heavy atom. The van der Waals surface area contributed by atoms with Gasteiger partial charge in [0.25, 0.3) is 5.91 Å². The first-order valence-electron chi connectivity index (χ1n) is 9.79. The molecule has 2 amide bonds. The summed E-state index contributed by atoms with van der Waals surface area (Å²) in [5, 5.41) is 19.4. The number of ether oxygens (including phenoxy) is 1. The van der Waals surface area contributed by atoms with Crippen molar-refractivity contribution in [2.75, 3.05) is 31.6 Å². The van der Waals surface area contributed by atoms with E-state index in [1.807, 2.05) is 24.3 Å². The van der Waals surface area contributed by atoms with E-state index in [0.717, 1.165) is 36.1 Å². The van der Waals surface area contributed by atoms with Gasteiger partial charge in [0, 0.05) is 43.5 Å². The van der Waals surface area contributed by atoms with Gasteiger partial charge in [0.2, 0.25) is 0 Å². The van der Waals surface area contributed by atoms with Crippen LogP contribution in [0.15, 0.2) is 34.9 Å². The van der Waals surface area contributed by atoms with E-state index < -0.39 is 6.09 Å². The quantitative estimate of drug-likeness (QED) is 0.594. The zero-order chi connectivity index (χ0) is 21.8. The Labute approximate surface area is 182 Å². The molecule has 1 fully saturated rings. The third kappa shape index (κ3) is 4.69. The van der Waals surface area contributed by atoms with Crippen molar-refractivity contribution < 1.29 is 18.8 Å². The van der Waals surface area contributed by atoms with Crippen LogP contribution in [0, 0.1) is 5.92 Å². The van der Waals surface area contributed by atoms with Crippen molar-refractivity contribution in [2.24, 2.45) is 5.92 Å². The average Bonchev–Trinajstić information content (AvgIpc) is 3.46. The highest BCUT2D eigenvalue weighted by atomic mass is 35.5. The normalized spacial score (nSPS) is 15.8. The molecule has 2 N–H and O–H groups in total. The molecule has 1 aliphatic heterocycles. The summed E-state index contributed by atoms with van der Waals surface area (Å²) in [5.41, 5.74) is 0.130. The first kappa shape index (κ1) is 20.9. The highest BCUT2D eigenvalue weighted by Gasteiger charge is 2.26. The van der Waals surface area contributed by atoms with Gasteiger partial charge >= 0.3 is 6.09 Å². The van der Waals surface area contributed by atoms with Crippen LogP contribution in [0.2, 0.25) is 5.15 Å². The first-order valence-corrected chi connectivity index (χ1v) is 10.2. The fourth-order valence-electron chi connectivity index (χ4n) is 3.51. The summed E-state index contributed by atoms with van der Waals surface area (Å²) in [7, 11) is 1.49. The van der Waals surface area contributed by atoms with Gasteiger partial charge in [-0.3, -0.25) is 4.79 Å². The topological polar surface area (TPSA) is 122 Å². The van der Waals surface area contributed by atoms with Gasteiger partial charge < -0.3 is 24.8 Å². The molecule has 1 unspecified atom stereocenters. The van der Waals surface area contributed by atoms with Crippen LogP contribution in [-0.2, 0) is 11.3 Å². The van der Waals surface area contributed by atoms with Crippen LogP contribution in [0.5, 0.6) is 0 Å². The van der Waals surface area contributed by atoms with E-state index in [9.17, 15) is 9.59 Å². The predicted octanol–water partition coefficient (Wildman–Crippen LogP) is 2.38. The number of alkyl carbamates (subject to hydrolysis) is 1. The van der Waals surface area contributed by atoms with E-state index in [-0.39, 0.29) is 29.9 Å². The van der Waals surface area contributed by atoms with Gasteiger partial charge in [0.05, 0.1) is 0 Å². The summed E-state index contributed by atoms with van der Waals surface area (Å²) in [6.07, 6.45) is 0.337. The molecule has 0 bridgehead atoms. The van der Waals surface area contributed by atoms with E-state index >= 15 is 0 Å². The highest BCUT2D eigenvalue weighted by molar-refractivity contribution is 6.34. The number of amides is 2. The lowest BCUT2D eigenvalue weighted by Gasteiger charge is -2.19. The lowest BCUT2D eigenvalue weighted by molar-refractivity contribution is 0.0952. The van der Waals surface area contributed by atoms with Crippen molar-refractivity contribution >= 4 is 40.2 Å². The van der Waals surface area contributed by atoms with Gasteiger partial charge in [-0.25, -0.2) is 4.79 Å². The molecule has 10 nitrogen and oxygen atoms in total. The third-order valence-electron chi connectivity index (χ3n) is 5.11. The molecule has 3 heterocycles. The molecule has 3 aromatic rings. The second-order valence-electron chi connectivity index (χ2n) is 7.18. The molecule has 11 heteroatoms. The van der Waals surface area contributed by atoms with Crippen LogP contribution in [0.25, 0.3) is 10.8 Å². The number of nitrogens with one attached hydrogen (secondary N) is 2. The number of nitrogens with zero attached hydrogens (tertiary/aromatic N) is 4. The monoisotopic (exact) mass is 444 g/mol. The van der Waals surface area contributed by atoms with Crippen LogP contribution in [-0.4, -0.2) is 54.0 Å². The summed E-state index contributed by atoms with van der Waals surface area (Å²) in [6, 6.07) is 9.19. The number of hydrogen-bond acceptors (Lipinski definition) is 8. The number of benzene rings is 1. The molecule has 0 radical (unpaired) electrons. The zero-order valence-electron chi connectivity index (χ0n) is 16.8. The fourth-order valence-corrected chi connectivity index (χ4v) is 3.72. The standard InChI is InChI=1S/C20H21ClN6O4/c1-22-19(28)16-8-13(31-26-16)11-30-20(29)23-9-12-6-7-27(10-12)18-15-5-3-2-4-14(15)17(21)24-25-18/h2-5,8,12H,6-7,9-11H2,1H3,(H,22,28)(H,23,29). The van der Waals surface area contributed by atoms with Gasteiger partial charge in [0.15, 0.2) is 29.0 Å². The van der Waals surface area contributed by atoms with E-state index in [1.54, 1.807) is 0 Å². The SMILES string of the molecule is CNC(=O)c1cc(COC(=O)NCC2CCN(c3nnc(Cl)c4ccccc34)C2)on1. The molecule has 1 aromatic carbocycles. The average molecular weight is 445 g/mol. The highest BCUT2D eigenvalue weighted by Crippen LogP contribution is 2.31. The van der Waals surface area contributed by atoms with Crippen LogP contribution < -0.4 is 15.5 Å². The number of rotatable bonds is 6. The van der Waals surface area contributed by atoms with E-state index in [0.29, 0.717) is 11.7 Å². The minimum absolute atomic E-state index is 0.112. The van der Waals surface area contributed by atoms with E-state index in [1.165, 1.54) is 13.1 Å². The maximum Gasteiger partial charge on any atom is 0.407 e. The molecule has 0 aliphatic carbocycles. The number of carbonyl (C=O) groups excluding carboxylic acids is 2. The molecule has 1 saturated heterocycles. The molecule has 31 heavy (non-hydrogen) atoms. The van der Waals surface area contributed by atoms with Crippen molar-refractivity contribution in [1.29, 1.82) is 0 Å². The molecular formula is C20H21ClN6O4. The van der Waals surface area contributed by atoms with Gasteiger partial charge in [-0.05, 0) is 12.3 Å². The lowest BCUT2D eigenvalue weighted by Crippen LogP contribution is -2.31. The minimum atomic E-state index is -0.562. The van der Waals surface area contributed by atoms with Gasteiger partial charge in [-0.2, -0.15) is 0 Å². The van der Waals surface area contributed by atoms with Gasteiger partial charge in [-0.1, -0.05) is 41.0 Å². The Kier molecular flexibility index (Phi) is 6.17. The van der Waals surface area contributed by atoms with Crippen LogP contribution >= 0.6 is 11.6 Å². The first-order chi connectivity index (χ1) is 15.0. The fraction of sp³-hybridized carbons (Fsp3) is 0.350. The number of anilines is 1. The molecule has 4 rings (SSSR count). The van der Waals surface area contributed by atoms with Crippen molar-refractivity contribution in [3.8, 4) is 0 Å². The summed E-state index contributed by atoms with van der Waals surface area (Å²) in [5.74, 6) is 0.952. The molecule has 1 atom stereocenters. The van der Waals surface area contributed by atoms with E-state index in [4.69, 9.17) is 20.9 Å². The number of aromatic nitrogens is 3. The number of fused-ring (bicyclic) bond motifs is 1. The summed E-state index contributed by atoms with van der Waals surface area (Å²) in [4.78, 5) is 25.6. The minimum Gasteiger partial charge on any atom is -0.441 e. The molecule has 0 spiro atoms. The van der Waals surface area contributed by atoms with Crippen LogP contribution in [0.1, 0.15) is 22.7 Å². The van der Waals surface area contributed by atoms with Crippen LogP contribution in [0.3, 0.4) is 0 Å². The zero-order valence-corrected chi connectivity index (χ0v) is 17.6. The second-order valence-corrected chi connectivity index (χ2v) is 7.53. The molecule has 2 aromatic heterocycles. The molecule has 0 saturated carbocycles. The maximum absolute atomic E-state index is 12.0. The predicted molar refractivity (Wildman–Crippen MR) is 113 cm³/mol. The number of hydrogen-bond donors (Lipinski definition) is 2. The Balaban J connectivity index is 1.27. The molecular weight excluding hydrogens is 424 g/mol. The van der Waals surface area contributed by atoms with Crippen LogP contribution in [0.4, 0.5) is 10.6 Å². The summed E-state index contributed by atoms with van der Waals surface area (Å²) in [6.45, 7) is 1.90.